The molecule has 1 aromatic heterocycles. The van der Waals surface area contributed by atoms with Crippen molar-refractivity contribution in [2.24, 2.45) is 0 Å². The Labute approximate surface area is 104 Å². The van der Waals surface area contributed by atoms with Gasteiger partial charge in [0.1, 0.15) is 5.82 Å². The second-order valence-electron chi connectivity index (χ2n) is 5.25. The zero-order valence-electron chi connectivity index (χ0n) is 11.3. The van der Waals surface area contributed by atoms with Crippen LogP contribution in [0.1, 0.15) is 31.9 Å². The summed E-state index contributed by atoms with van der Waals surface area (Å²) in [6, 6.07) is 7.08. The fourth-order valence-electron chi connectivity index (χ4n) is 2.07. The van der Waals surface area contributed by atoms with E-state index in [-0.39, 0.29) is 0 Å². The third-order valence-corrected chi connectivity index (χ3v) is 3.79. The highest BCUT2D eigenvalue weighted by molar-refractivity contribution is 5.43. The summed E-state index contributed by atoms with van der Waals surface area (Å²) in [5.41, 5.74) is 1.22. The van der Waals surface area contributed by atoms with E-state index < -0.39 is 0 Å². The lowest BCUT2D eigenvalue weighted by molar-refractivity contribution is 0.246. The third kappa shape index (κ3) is 2.60. The molecule has 94 valence electrons. The van der Waals surface area contributed by atoms with Crippen molar-refractivity contribution in [1.29, 1.82) is 0 Å². The number of hydrogen-bond donors (Lipinski definition) is 0. The van der Waals surface area contributed by atoms with Gasteiger partial charge in [0, 0.05) is 24.8 Å². The standard InChI is InChI=1S/C14H23N3/c1-5-11(2)13-7-6-8-14(15-13)17-9-12(10-17)16(3)4/h6-8,11-12H,5,9-10H2,1-4H3. The molecule has 0 N–H and O–H groups in total. The number of rotatable bonds is 4. The minimum absolute atomic E-state index is 0.556. The Hall–Kier alpha value is -1.09. The number of nitrogens with zero attached hydrogens (tertiary/aromatic N) is 3. The summed E-state index contributed by atoms with van der Waals surface area (Å²) in [5, 5.41) is 0. The summed E-state index contributed by atoms with van der Waals surface area (Å²) in [6.45, 7) is 6.66. The van der Waals surface area contributed by atoms with Gasteiger partial charge in [-0.1, -0.05) is 19.9 Å². The zero-order valence-corrected chi connectivity index (χ0v) is 11.3. The van der Waals surface area contributed by atoms with Gasteiger partial charge in [0.15, 0.2) is 0 Å². The van der Waals surface area contributed by atoms with Crippen molar-refractivity contribution in [3.8, 4) is 0 Å². The van der Waals surface area contributed by atoms with Gasteiger partial charge >= 0.3 is 0 Å². The lowest BCUT2D eigenvalue weighted by Gasteiger charge is -2.43. The number of likely N-dealkylation sites (N-methyl/N-ethyl adjacent to an activating group) is 1. The SMILES string of the molecule is CCC(C)c1cccc(N2CC(N(C)C)C2)n1. The average molecular weight is 233 g/mol. The molecule has 17 heavy (non-hydrogen) atoms. The molecule has 0 radical (unpaired) electrons. The van der Waals surface area contributed by atoms with Crippen LogP contribution >= 0.6 is 0 Å². The predicted molar refractivity (Wildman–Crippen MR) is 72.6 cm³/mol. The molecule has 1 saturated heterocycles. The summed E-state index contributed by atoms with van der Waals surface area (Å²) >= 11 is 0. The quantitative estimate of drug-likeness (QED) is 0.796. The first-order valence-electron chi connectivity index (χ1n) is 6.50. The molecule has 0 aromatic carbocycles. The van der Waals surface area contributed by atoms with E-state index in [0.29, 0.717) is 12.0 Å². The van der Waals surface area contributed by atoms with Crippen LogP contribution in [0.2, 0.25) is 0 Å². The molecule has 1 atom stereocenters. The molecule has 0 saturated carbocycles. The van der Waals surface area contributed by atoms with Crippen molar-refractivity contribution in [2.45, 2.75) is 32.2 Å². The largest absolute Gasteiger partial charge is 0.353 e. The highest BCUT2D eigenvalue weighted by atomic mass is 15.3. The number of pyridine rings is 1. The van der Waals surface area contributed by atoms with Gasteiger partial charge in [-0.15, -0.1) is 0 Å². The molecule has 1 aromatic rings. The van der Waals surface area contributed by atoms with Crippen molar-refractivity contribution in [3.63, 3.8) is 0 Å². The molecule has 1 aliphatic rings. The Morgan fingerprint density at radius 2 is 2.12 bits per heavy atom. The predicted octanol–water partition coefficient (Wildman–Crippen LogP) is 2.35. The molecule has 1 unspecified atom stereocenters. The summed E-state index contributed by atoms with van der Waals surface area (Å²) in [7, 11) is 4.29. The maximum atomic E-state index is 4.77. The second-order valence-corrected chi connectivity index (χ2v) is 5.25. The average Bonchev–Trinajstić information content (AvgIpc) is 2.26. The van der Waals surface area contributed by atoms with E-state index in [2.05, 4.69) is 55.9 Å². The van der Waals surface area contributed by atoms with E-state index in [1.807, 2.05) is 0 Å². The third-order valence-electron chi connectivity index (χ3n) is 3.79. The molecular weight excluding hydrogens is 210 g/mol. The second kappa shape index (κ2) is 5.05. The van der Waals surface area contributed by atoms with Crippen LogP contribution in [0.4, 0.5) is 5.82 Å². The Bertz CT molecular complexity index is 369. The van der Waals surface area contributed by atoms with Gasteiger partial charge in [-0.3, -0.25) is 0 Å². The molecule has 0 bridgehead atoms. The van der Waals surface area contributed by atoms with Crippen LogP contribution < -0.4 is 4.90 Å². The molecule has 3 heteroatoms. The van der Waals surface area contributed by atoms with Crippen molar-refractivity contribution in [2.75, 3.05) is 32.1 Å². The normalized spacial score (nSPS) is 18.3. The van der Waals surface area contributed by atoms with Crippen molar-refractivity contribution >= 4 is 5.82 Å². The van der Waals surface area contributed by atoms with Gasteiger partial charge in [-0.2, -0.15) is 0 Å². The van der Waals surface area contributed by atoms with Crippen LogP contribution in [0.15, 0.2) is 18.2 Å². The monoisotopic (exact) mass is 233 g/mol. The van der Waals surface area contributed by atoms with Crippen molar-refractivity contribution in [1.82, 2.24) is 9.88 Å². The Kier molecular flexibility index (Phi) is 3.67. The van der Waals surface area contributed by atoms with Crippen LogP contribution in [-0.2, 0) is 0 Å². The van der Waals surface area contributed by atoms with Crippen LogP contribution in [-0.4, -0.2) is 43.1 Å². The van der Waals surface area contributed by atoms with Crippen LogP contribution in [0.3, 0.4) is 0 Å². The van der Waals surface area contributed by atoms with Gasteiger partial charge in [-0.25, -0.2) is 4.98 Å². The summed E-state index contributed by atoms with van der Waals surface area (Å²) in [4.78, 5) is 9.41. The first kappa shape index (κ1) is 12.4. The highest BCUT2D eigenvalue weighted by Gasteiger charge is 2.29. The zero-order chi connectivity index (χ0) is 12.4. The Morgan fingerprint density at radius 1 is 1.41 bits per heavy atom. The van der Waals surface area contributed by atoms with Gasteiger partial charge < -0.3 is 9.80 Å². The van der Waals surface area contributed by atoms with E-state index in [0.717, 1.165) is 25.3 Å². The minimum atomic E-state index is 0.556. The van der Waals surface area contributed by atoms with E-state index in [1.54, 1.807) is 0 Å². The molecular formula is C14H23N3. The lowest BCUT2D eigenvalue weighted by atomic mass is 10.0. The van der Waals surface area contributed by atoms with Gasteiger partial charge in [0.05, 0.1) is 0 Å². The highest BCUT2D eigenvalue weighted by Crippen LogP contribution is 2.24. The summed E-state index contributed by atoms with van der Waals surface area (Å²) in [5.74, 6) is 1.70. The van der Waals surface area contributed by atoms with Gasteiger partial charge in [0.25, 0.3) is 0 Å². The summed E-state index contributed by atoms with van der Waals surface area (Å²) in [6.07, 6.45) is 1.15. The van der Waals surface area contributed by atoms with E-state index in [1.165, 1.54) is 5.69 Å². The van der Waals surface area contributed by atoms with Crippen molar-refractivity contribution in [3.05, 3.63) is 23.9 Å². The van der Waals surface area contributed by atoms with Gasteiger partial charge in [0.2, 0.25) is 0 Å². The Balaban J connectivity index is 2.03. The number of aromatic nitrogens is 1. The number of anilines is 1. The van der Waals surface area contributed by atoms with Gasteiger partial charge in [-0.05, 0) is 38.6 Å². The smallest absolute Gasteiger partial charge is 0.128 e. The fourth-order valence-corrected chi connectivity index (χ4v) is 2.07. The molecule has 0 spiro atoms. The topological polar surface area (TPSA) is 19.4 Å². The van der Waals surface area contributed by atoms with E-state index in [4.69, 9.17) is 4.98 Å². The maximum absolute atomic E-state index is 4.77. The fraction of sp³-hybridized carbons (Fsp3) is 0.643. The van der Waals surface area contributed by atoms with Crippen molar-refractivity contribution < 1.29 is 0 Å². The summed E-state index contributed by atoms with van der Waals surface area (Å²) < 4.78 is 0. The molecule has 2 heterocycles. The maximum Gasteiger partial charge on any atom is 0.128 e. The number of hydrogen-bond acceptors (Lipinski definition) is 3. The van der Waals surface area contributed by atoms with Crippen LogP contribution in [0, 0.1) is 0 Å². The molecule has 1 aliphatic heterocycles. The first-order valence-corrected chi connectivity index (χ1v) is 6.50. The Morgan fingerprint density at radius 3 is 2.71 bits per heavy atom. The lowest BCUT2D eigenvalue weighted by Crippen LogP contribution is -2.57. The van der Waals surface area contributed by atoms with Crippen LogP contribution in [0.25, 0.3) is 0 Å². The molecule has 3 nitrogen and oxygen atoms in total. The molecule has 0 aliphatic carbocycles. The molecule has 2 rings (SSSR count). The van der Waals surface area contributed by atoms with E-state index in [9.17, 15) is 0 Å². The van der Waals surface area contributed by atoms with E-state index >= 15 is 0 Å². The molecule has 1 fully saturated rings. The van der Waals surface area contributed by atoms with Crippen LogP contribution in [0.5, 0.6) is 0 Å². The first-order chi connectivity index (χ1) is 8.11. The molecule has 0 amide bonds. The minimum Gasteiger partial charge on any atom is -0.353 e.